The largest absolute Gasteiger partial charge is 0.304 e. The maximum atomic E-state index is 12.1. The van der Waals surface area contributed by atoms with Gasteiger partial charge in [0.05, 0.1) is 6.54 Å². The molecule has 0 radical (unpaired) electrons. The van der Waals surface area contributed by atoms with E-state index in [0.717, 1.165) is 5.56 Å². The summed E-state index contributed by atoms with van der Waals surface area (Å²) in [6.45, 7) is 0.585. The van der Waals surface area contributed by atoms with Crippen molar-refractivity contribution in [3.8, 4) is 0 Å². The average molecular weight is 316 g/mol. The van der Waals surface area contributed by atoms with E-state index < -0.39 is 0 Å². The zero-order valence-electron chi connectivity index (χ0n) is 11.9. The number of aromatic nitrogens is 4. The van der Waals surface area contributed by atoms with Gasteiger partial charge in [0.1, 0.15) is 5.69 Å². The highest BCUT2D eigenvalue weighted by atomic mass is 35.5. The molecule has 6 nitrogen and oxygen atoms in total. The van der Waals surface area contributed by atoms with E-state index in [1.165, 1.54) is 4.68 Å². The normalized spacial score (nSPS) is 10.6. The van der Waals surface area contributed by atoms with Crippen molar-refractivity contribution >= 4 is 23.3 Å². The number of nitrogens with one attached hydrogen (secondary N) is 1. The summed E-state index contributed by atoms with van der Waals surface area (Å²) in [6, 6.07) is 11.0. The van der Waals surface area contributed by atoms with Gasteiger partial charge in [-0.15, -0.1) is 0 Å². The molecule has 2 heterocycles. The fourth-order valence-corrected chi connectivity index (χ4v) is 2.33. The van der Waals surface area contributed by atoms with Gasteiger partial charge in [0.2, 0.25) is 0 Å². The van der Waals surface area contributed by atoms with E-state index in [1.54, 1.807) is 36.3 Å². The van der Waals surface area contributed by atoms with Crippen LogP contribution in [-0.2, 0) is 13.6 Å². The fraction of sp³-hybridized carbons (Fsp3) is 0.133. The SMILES string of the molecule is Cn1nccc1C(=O)Nc1ccn(Cc2cccc(Cl)c2)n1. The van der Waals surface area contributed by atoms with E-state index in [4.69, 9.17) is 11.6 Å². The topological polar surface area (TPSA) is 64.7 Å². The monoisotopic (exact) mass is 315 g/mol. The summed E-state index contributed by atoms with van der Waals surface area (Å²) in [7, 11) is 1.71. The van der Waals surface area contributed by atoms with Crippen LogP contribution in [-0.4, -0.2) is 25.5 Å². The van der Waals surface area contributed by atoms with Crippen LogP contribution in [0.4, 0.5) is 5.82 Å². The van der Waals surface area contributed by atoms with E-state index in [0.29, 0.717) is 23.1 Å². The van der Waals surface area contributed by atoms with E-state index in [2.05, 4.69) is 15.5 Å². The molecule has 0 aliphatic rings. The van der Waals surface area contributed by atoms with Crippen LogP contribution in [0.15, 0.2) is 48.8 Å². The molecule has 1 aromatic carbocycles. The van der Waals surface area contributed by atoms with Gasteiger partial charge in [0.25, 0.3) is 5.91 Å². The Morgan fingerprint density at radius 3 is 2.91 bits per heavy atom. The predicted molar refractivity (Wildman–Crippen MR) is 83.9 cm³/mol. The molecule has 0 unspecified atom stereocenters. The Labute approximate surface area is 132 Å². The molecule has 1 amide bonds. The molecule has 0 aliphatic heterocycles. The van der Waals surface area contributed by atoms with Gasteiger partial charge in [-0.1, -0.05) is 23.7 Å². The number of benzene rings is 1. The third-order valence-corrected chi connectivity index (χ3v) is 3.40. The minimum atomic E-state index is -0.243. The first-order valence-corrected chi connectivity index (χ1v) is 7.07. The Hall–Kier alpha value is -2.60. The molecule has 22 heavy (non-hydrogen) atoms. The Morgan fingerprint density at radius 1 is 1.32 bits per heavy atom. The Kier molecular flexibility index (Phi) is 3.93. The summed E-state index contributed by atoms with van der Waals surface area (Å²) < 4.78 is 3.25. The number of nitrogens with zero attached hydrogens (tertiary/aromatic N) is 4. The van der Waals surface area contributed by atoms with Crippen molar-refractivity contribution in [1.82, 2.24) is 19.6 Å². The van der Waals surface area contributed by atoms with Gasteiger partial charge in [0, 0.05) is 30.5 Å². The number of hydrogen-bond acceptors (Lipinski definition) is 3. The number of hydrogen-bond donors (Lipinski definition) is 1. The second kappa shape index (κ2) is 6.03. The number of carbonyl (C=O) groups is 1. The second-order valence-corrected chi connectivity index (χ2v) is 5.26. The molecule has 0 saturated heterocycles. The summed E-state index contributed by atoms with van der Waals surface area (Å²) in [5, 5.41) is 11.7. The van der Waals surface area contributed by atoms with Gasteiger partial charge in [-0.05, 0) is 23.8 Å². The summed E-state index contributed by atoms with van der Waals surface area (Å²) in [5.41, 5.74) is 1.52. The first kappa shape index (κ1) is 14.3. The lowest BCUT2D eigenvalue weighted by Gasteiger charge is -2.03. The minimum absolute atomic E-state index is 0.243. The molecule has 0 spiro atoms. The third-order valence-electron chi connectivity index (χ3n) is 3.17. The van der Waals surface area contributed by atoms with Gasteiger partial charge in [-0.3, -0.25) is 14.2 Å². The molecule has 0 atom stereocenters. The summed E-state index contributed by atoms with van der Waals surface area (Å²) >= 11 is 5.96. The lowest BCUT2D eigenvalue weighted by molar-refractivity contribution is 0.101. The standard InChI is InChI=1S/C15H14ClN5O/c1-20-13(5-7-17-20)15(22)18-14-6-8-21(19-14)10-11-3-2-4-12(16)9-11/h2-9H,10H2,1H3,(H,18,19,22). The second-order valence-electron chi connectivity index (χ2n) is 4.82. The fourth-order valence-electron chi connectivity index (χ4n) is 2.12. The van der Waals surface area contributed by atoms with Gasteiger partial charge in [-0.25, -0.2) is 0 Å². The predicted octanol–water partition coefficient (Wildman–Crippen LogP) is 2.57. The molecule has 7 heteroatoms. The van der Waals surface area contributed by atoms with E-state index >= 15 is 0 Å². The Bertz CT molecular complexity index is 808. The molecule has 1 N–H and O–H groups in total. The molecule has 0 fully saturated rings. The van der Waals surface area contributed by atoms with Gasteiger partial charge < -0.3 is 5.32 Å². The lowest BCUT2D eigenvalue weighted by atomic mass is 10.2. The van der Waals surface area contributed by atoms with Crippen LogP contribution in [0, 0.1) is 0 Å². The highest BCUT2D eigenvalue weighted by Crippen LogP contribution is 2.13. The molecular formula is C15H14ClN5O. The maximum Gasteiger partial charge on any atom is 0.275 e. The lowest BCUT2D eigenvalue weighted by Crippen LogP contribution is -2.16. The van der Waals surface area contributed by atoms with Crippen LogP contribution < -0.4 is 5.32 Å². The van der Waals surface area contributed by atoms with Crippen molar-refractivity contribution in [2.45, 2.75) is 6.54 Å². The summed E-state index contributed by atoms with van der Waals surface area (Å²) in [4.78, 5) is 12.1. The third kappa shape index (κ3) is 3.17. The summed E-state index contributed by atoms with van der Waals surface area (Å²) in [5.74, 6) is 0.251. The van der Waals surface area contributed by atoms with Crippen LogP contribution in [0.1, 0.15) is 16.1 Å². The first-order chi connectivity index (χ1) is 10.6. The van der Waals surface area contributed by atoms with Crippen LogP contribution in [0.5, 0.6) is 0 Å². The summed E-state index contributed by atoms with van der Waals surface area (Å²) in [6.07, 6.45) is 3.38. The first-order valence-electron chi connectivity index (χ1n) is 6.69. The molecule has 0 aliphatic carbocycles. The Balaban J connectivity index is 1.69. The molecule has 3 aromatic rings. The highest BCUT2D eigenvalue weighted by molar-refractivity contribution is 6.30. The van der Waals surface area contributed by atoms with Crippen molar-refractivity contribution in [2.75, 3.05) is 5.32 Å². The number of halogens is 1. The van der Waals surface area contributed by atoms with Crippen LogP contribution in [0.3, 0.4) is 0 Å². The van der Waals surface area contributed by atoms with Gasteiger partial charge in [0.15, 0.2) is 5.82 Å². The van der Waals surface area contributed by atoms with Gasteiger partial charge >= 0.3 is 0 Å². The van der Waals surface area contributed by atoms with E-state index in [1.807, 2.05) is 24.3 Å². The average Bonchev–Trinajstić information content (AvgIpc) is 3.08. The molecule has 0 bridgehead atoms. The molecular weight excluding hydrogens is 302 g/mol. The quantitative estimate of drug-likeness (QED) is 0.804. The number of amides is 1. The van der Waals surface area contributed by atoms with Crippen molar-refractivity contribution in [3.05, 3.63) is 65.1 Å². The van der Waals surface area contributed by atoms with Crippen LogP contribution >= 0.6 is 11.6 Å². The number of aryl methyl sites for hydroxylation is 1. The Morgan fingerprint density at radius 2 is 2.18 bits per heavy atom. The van der Waals surface area contributed by atoms with E-state index in [9.17, 15) is 4.79 Å². The van der Waals surface area contributed by atoms with Gasteiger partial charge in [-0.2, -0.15) is 10.2 Å². The molecule has 2 aromatic heterocycles. The zero-order valence-corrected chi connectivity index (χ0v) is 12.7. The maximum absolute atomic E-state index is 12.1. The number of carbonyl (C=O) groups excluding carboxylic acids is 1. The van der Waals surface area contributed by atoms with E-state index in [-0.39, 0.29) is 5.91 Å². The van der Waals surface area contributed by atoms with Crippen LogP contribution in [0.25, 0.3) is 0 Å². The number of anilines is 1. The highest BCUT2D eigenvalue weighted by Gasteiger charge is 2.11. The molecule has 3 rings (SSSR count). The molecule has 112 valence electrons. The van der Waals surface area contributed by atoms with Crippen molar-refractivity contribution in [2.24, 2.45) is 7.05 Å². The molecule has 0 saturated carbocycles. The van der Waals surface area contributed by atoms with Crippen molar-refractivity contribution < 1.29 is 4.79 Å². The smallest absolute Gasteiger partial charge is 0.275 e. The number of rotatable bonds is 4. The van der Waals surface area contributed by atoms with Crippen molar-refractivity contribution in [1.29, 1.82) is 0 Å². The van der Waals surface area contributed by atoms with Crippen LogP contribution in [0.2, 0.25) is 5.02 Å². The zero-order chi connectivity index (χ0) is 15.5. The minimum Gasteiger partial charge on any atom is -0.304 e. The van der Waals surface area contributed by atoms with Crippen molar-refractivity contribution in [3.63, 3.8) is 0 Å².